The summed E-state index contributed by atoms with van der Waals surface area (Å²) >= 11 is 5.72. The zero-order valence-corrected chi connectivity index (χ0v) is 9.71. The van der Waals surface area contributed by atoms with Gasteiger partial charge in [-0.3, -0.25) is 0 Å². The molecular formula is C8H11Cl3N2O. The van der Waals surface area contributed by atoms with Crippen LogP contribution in [0.3, 0.4) is 0 Å². The van der Waals surface area contributed by atoms with Gasteiger partial charge in [-0.1, -0.05) is 11.6 Å². The SMILES string of the molecule is Cl.Cl.Clc1cc2c(cn1)CNCCO2. The van der Waals surface area contributed by atoms with Crippen molar-refractivity contribution >= 4 is 36.4 Å². The van der Waals surface area contributed by atoms with E-state index in [1.165, 1.54) is 0 Å². The first-order valence-corrected chi connectivity index (χ1v) is 4.22. The average Bonchev–Trinajstić information content (AvgIpc) is 2.28. The Labute approximate surface area is 100 Å². The molecule has 0 spiro atoms. The minimum Gasteiger partial charge on any atom is -0.492 e. The lowest BCUT2D eigenvalue weighted by molar-refractivity contribution is 0.325. The lowest BCUT2D eigenvalue weighted by Gasteiger charge is -2.04. The standard InChI is InChI=1S/C8H9ClN2O.2ClH/c9-8-3-7-6(5-11-8)4-10-1-2-12-7;;/h3,5,10H,1-2,4H2;2*1H. The van der Waals surface area contributed by atoms with Gasteiger partial charge in [0.1, 0.15) is 17.5 Å². The molecule has 1 aliphatic heterocycles. The number of fused-ring (bicyclic) bond motifs is 1. The maximum Gasteiger partial charge on any atom is 0.132 e. The van der Waals surface area contributed by atoms with Crippen molar-refractivity contribution in [2.75, 3.05) is 13.2 Å². The van der Waals surface area contributed by atoms with Gasteiger partial charge in [0.15, 0.2) is 0 Å². The van der Waals surface area contributed by atoms with Gasteiger partial charge < -0.3 is 10.1 Å². The molecule has 0 unspecified atom stereocenters. The number of halogens is 3. The summed E-state index contributed by atoms with van der Waals surface area (Å²) < 4.78 is 5.44. The number of hydrogen-bond donors (Lipinski definition) is 1. The minimum absolute atomic E-state index is 0. The fourth-order valence-corrected chi connectivity index (χ4v) is 1.31. The van der Waals surface area contributed by atoms with E-state index in [2.05, 4.69) is 10.3 Å². The third-order valence-corrected chi connectivity index (χ3v) is 1.97. The molecule has 0 atom stereocenters. The summed E-state index contributed by atoms with van der Waals surface area (Å²) in [4.78, 5) is 3.98. The van der Waals surface area contributed by atoms with Crippen LogP contribution in [0, 0.1) is 0 Å². The van der Waals surface area contributed by atoms with Crippen LogP contribution >= 0.6 is 36.4 Å². The molecule has 80 valence electrons. The Morgan fingerprint density at radius 1 is 1.43 bits per heavy atom. The molecule has 0 saturated heterocycles. The van der Waals surface area contributed by atoms with Gasteiger partial charge in [-0.25, -0.2) is 4.98 Å². The smallest absolute Gasteiger partial charge is 0.132 e. The van der Waals surface area contributed by atoms with Crippen LogP contribution < -0.4 is 10.1 Å². The van der Waals surface area contributed by atoms with Gasteiger partial charge in [-0.15, -0.1) is 24.8 Å². The quantitative estimate of drug-likeness (QED) is 0.723. The highest BCUT2D eigenvalue weighted by atomic mass is 35.5. The molecule has 2 heterocycles. The van der Waals surface area contributed by atoms with Crippen molar-refractivity contribution in [2.45, 2.75) is 6.54 Å². The predicted octanol–water partition coefficient (Wildman–Crippen LogP) is 2.06. The van der Waals surface area contributed by atoms with E-state index in [0.717, 1.165) is 24.4 Å². The highest BCUT2D eigenvalue weighted by molar-refractivity contribution is 6.29. The first-order valence-electron chi connectivity index (χ1n) is 3.84. The Kier molecular flexibility index (Phi) is 6.20. The maximum absolute atomic E-state index is 5.72. The Morgan fingerprint density at radius 2 is 2.21 bits per heavy atom. The van der Waals surface area contributed by atoms with Crippen LogP contribution in [0.25, 0.3) is 0 Å². The number of ether oxygens (including phenoxy) is 1. The van der Waals surface area contributed by atoms with E-state index in [0.29, 0.717) is 11.8 Å². The van der Waals surface area contributed by atoms with Gasteiger partial charge >= 0.3 is 0 Å². The molecule has 0 bridgehead atoms. The highest BCUT2D eigenvalue weighted by Gasteiger charge is 2.08. The van der Waals surface area contributed by atoms with Crippen molar-refractivity contribution < 1.29 is 4.74 Å². The van der Waals surface area contributed by atoms with E-state index >= 15 is 0 Å². The Balaban J connectivity index is 0.000000845. The van der Waals surface area contributed by atoms with E-state index < -0.39 is 0 Å². The van der Waals surface area contributed by atoms with Crippen LogP contribution in [-0.2, 0) is 6.54 Å². The Morgan fingerprint density at radius 3 is 3.00 bits per heavy atom. The van der Waals surface area contributed by atoms with Crippen molar-refractivity contribution in [3.8, 4) is 5.75 Å². The summed E-state index contributed by atoms with van der Waals surface area (Å²) in [5.41, 5.74) is 1.07. The summed E-state index contributed by atoms with van der Waals surface area (Å²) in [6.07, 6.45) is 1.75. The second kappa shape index (κ2) is 6.30. The van der Waals surface area contributed by atoms with Crippen LogP contribution in [-0.4, -0.2) is 18.1 Å². The zero-order valence-electron chi connectivity index (χ0n) is 7.33. The van der Waals surface area contributed by atoms with Gasteiger partial charge in [0.25, 0.3) is 0 Å². The average molecular weight is 258 g/mol. The monoisotopic (exact) mass is 256 g/mol. The van der Waals surface area contributed by atoms with E-state index in [9.17, 15) is 0 Å². The topological polar surface area (TPSA) is 34.2 Å². The Hall–Kier alpha value is -0.220. The minimum atomic E-state index is 0. The highest BCUT2D eigenvalue weighted by Crippen LogP contribution is 2.21. The van der Waals surface area contributed by atoms with Crippen molar-refractivity contribution in [3.63, 3.8) is 0 Å². The van der Waals surface area contributed by atoms with Crippen LogP contribution in [0.15, 0.2) is 12.3 Å². The third-order valence-electron chi connectivity index (χ3n) is 1.76. The molecule has 0 amide bonds. The van der Waals surface area contributed by atoms with Gasteiger partial charge in [-0.05, 0) is 0 Å². The molecule has 0 fully saturated rings. The van der Waals surface area contributed by atoms with Crippen molar-refractivity contribution in [1.82, 2.24) is 10.3 Å². The molecule has 1 N–H and O–H groups in total. The fourth-order valence-electron chi connectivity index (χ4n) is 1.16. The number of rotatable bonds is 0. The molecule has 0 saturated carbocycles. The van der Waals surface area contributed by atoms with E-state index in [1.807, 2.05) is 0 Å². The maximum atomic E-state index is 5.72. The third kappa shape index (κ3) is 3.17. The zero-order chi connectivity index (χ0) is 8.39. The lowest BCUT2D eigenvalue weighted by Crippen LogP contribution is -2.16. The summed E-state index contributed by atoms with van der Waals surface area (Å²) in [5.74, 6) is 0.847. The summed E-state index contributed by atoms with van der Waals surface area (Å²) in [6.45, 7) is 2.36. The first-order chi connectivity index (χ1) is 5.86. The van der Waals surface area contributed by atoms with Gasteiger partial charge in [0, 0.05) is 30.9 Å². The molecular weight excluding hydrogens is 246 g/mol. The largest absolute Gasteiger partial charge is 0.492 e. The molecule has 3 nitrogen and oxygen atoms in total. The van der Waals surface area contributed by atoms with Crippen LogP contribution in [0.1, 0.15) is 5.56 Å². The molecule has 14 heavy (non-hydrogen) atoms. The first kappa shape index (κ1) is 13.8. The van der Waals surface area contributed by atoms with Crippen molar-refractivity contribution in [2.24, 2.45) is 0 Å². The normalized spacial score (nSPS) is 13.8. The lowest BCUT2D eigenvalue weighted by atomic mass is 10.2. The molecule has 1 aliphatic rings. The molecule has 1 aromatic heterocycles. The fraction of sp³-hybridized carbons (Fsp3) is 0.375. The molecule has 0 radical (unpaired) electrons. The molecule has 1 aromatic rings. The van der Waals surface area contributed by atoms with Crippen LogP contribution in [0.2, 0.25) is 5.15 Å². The number of aromatic nitrogens is 1. The summed E-state index contributed by atoms with van der Waals surface area (Å²) in [5, 5.41) is 3.70. The second-order valence-electron chi connectivity index (χ2n) is 2.64. The van der Waals surface area contributed by atoms with E-state index in [-0.39, 0.29) is 24.8 Å². The van der Waals surface area contributed by atoms with Crippen LogP contribution in [0.4, 0.5) is 0 Å². The number of nitrogens with zero attached hydrogens (tertiary/aromatic N) is 1. The van der Waals surface area contributed by atoms with E-state index in [1.54, 1.807) is 12.3 Å². The van der Waals surface area contributed by atoms with Gasteiger partial charge in [0.2, 0.25) is 0 Å². The van der Waals surface area contributed by atoms with Crippen molar-refractivity contribution in [1.29, 1.82) is 0 Å². The Bertz CT molecular complexity index is 296. The van der Waals surface area contributed by atoms with E-state index in [4.69, 9.17) is 16.3 Å². The molecule has 0 aromatic carbocycles. The predicted molar refractivity (Wildman–Crippen MR) is 60.9 cm³/mol. The number of nitrogens with one attached hydrogen (secondary N) is 1. The molecule has 0 aliphatic carbocycles. The van der Waals surface area contributed by atoms with Gasteiger partial charge in [-0.2, -0.15) is 0 Å². The summed E-state index contributed by atoms with van der Waals surface area (Å²) in [6, 6.07) is 1.75. The van der Waals surface area contributed by atoms with Crippen molar-refractivity contribution in [3.05, 3.63) is 23.0 Å². The molecule has 6 heteroatoms. The van der Waals surface area contributed by atoms with Crippen LogP contribution in [0.5, 0.6) is 5.75 Å². The van der Waals surface area contributed by atoms with Gasteiger partial charge in [0.05, 0.1) is 0 Å². The number of hydrogen-bond acceptors (Lipinski definition) is 3. The second-order valence-corrected chi connectivity index (χ2v) is 3.03. The number of pyridine rings is 1. The molecule has 2 rings (SSSR count). The summed E-state index contributed by atoms with van der Waals surface area (Å²) in [7, 11) is 0.